The molecule has 0 aliphatic rings. The molecule has 0 aliphatic carbocycles. The average Bonchev–Trinajstić information content (AvgIpc) is 2.29. The Kier molecular flexibility index (Phi) is 5.15. The molecule has 4 nitrogen and oxygen atoms in total. The van der Waals surface area contributed by atoms with E-state index >= 15 is 0 Å². The summed E-state index contributed by atoms with van der Waals surface area (Å²) in [7, 11) is 3.78. The van der Waals surface area contributed by atoms with Crippen LogP contribution in [0.1, 0.15) is 6.92 Å². The van der Waals surface area contributed by atoms with E-state index in [-0.39, 0.29) is 0 Å². The molecule has 16 heavy (non-hydrogen) atoms. The van der Waals surface area contributed by atoms with Crippen molar-refractivity contribution in [2.45, 2.75) is 13.0 Å². The van der Waals surface area contributed by atoms with Crippen LogP contribution in [0.2, 0.25) is 5.02 Å². The third-order valence-corrected chi connectivity index (χ3v) is 3.43. The molecular weight excluding hydrogens is 244 g/mol. The van der Waals surface area contributed by atoms with E-state index in [9.17, 15) is 0 Å². The maximum Gasteiger partial charge on any atom is 0.224 e. The molecule has 90 valence electrons. The fourth-order valence-corrected chi connectivity index (χ4v) is 2.22. The lowest BCUT2D eigenvalue weighted by Gasteiger charge is -2.26. The van der Waals surface area contributed by atoms with Crippen molar-refractivity contribution in [3.63, 3.8) is 0 Å². The zero-order chi connectivity index (χ0) is 12.1. The van der Waals surface area contributed by atoms with Gasteiger partial charge in [0.1, 0.15) is 5.02 Å². The van der Waals surface area contributed by atoms with Crippen molar-refractivity contribution in [3.05, 3.63) is 11.2 Å². The lowest BCUT2D eigenvalue weighted by Crippen LogP contribution is -2.32. The summed E-state index contributed by atoms with van der Waals surface area (Å²) in [6.07, 6.45) is 3.71. The van der Waals surface area contributed by atoms with Gasteiger partial charge >= 0.3 is 0 Å². The summed E-state index contributed by atoms with van der Waals surface area (Å²) in [6, 6.07) is 0.382. The van der Waals surface area contributed by atoms with Gasteiger partial charge in [-0.1, -0.05) is 11.6 Å². The van der Waals surface area contributed by atoms with Gasteiger partial charge in [0, 0.05) is 25.9 Å². The number of aromatic nitrogens is 2. The van der Waals surface area contributed by atoms with Gasteiger partial charge in [0.05, 0.1) is 6.20 Å². The van der Waals surface area contributed by atoms with Crippen LogP contribution in [0.15, 0.2) is 6.20 Å². The Morgan fingerprint density at radius 3 is 2.88 bits per heavy atom. The number of thioether (sulfide) groups is 1. The summed E-state index contributed by atoms with van der Waals surface area (Å²) in [5.74, 6) is 2.39. The van der Waals surface area contributed by atoms with Gasteiger partial charge in [-0.2, -0.15) is 16.7 Å². The van der Waals surface area contributed by atoms with E-state index in [0.717, 1.165) is 11.6 Å². The predicted octanol–water partition coefficient (Wildman–Crippen LogP) is 2.36. The van der Waals surface area contributed by atoms with Crippen LogP contribution < -0.4 is 10.2 Å². The molecule has 0 aromatic carbocycles. The smallest absolute Gasteiger partial charge is 0.224 e. The summed E-state index contributed by atoms with van der Waals surface area (Å²) < 4.78 is 0. The number of nitrogens with zero attached hydrogens (tertiary/aromatic N) is 3. The first-order valence-electron chi connectivity index (χ1n) is 5.02. The molecular formula is C10H17ClN4S. The van der Waals surface area contributed by atoms with Gasteiger partial charge in [-0.05, 0) is 13.2 Å². The van der Waals surface area contributed by atoms with E-state index in [1.807, 2.05) is 7.05 Å². The number of nitrogens with one attached hydrogen (secondary N) is 1. The zero-order valence-electron chi connectivity index (χ0n) is 9.99. The summed E-state index contributed by atoms with van der Waals surface area (Å²) in [6.45, 7) is 2.15. The minimum atomic E-state index is 0.382. The van der Waals surface area contributed by atoms with Crippen molar-refractivity contribution in [2.24, 2.45) is 0 Å². The number of anilines is 2. The number of hydrogen-bond acceptors (Lipinski definition) is 5. The van der Waals surface area contributed by atoms with Gasteiger partial charge in [0.2, 0.25) is 5.95 Å². The molecule has 1 unspecified atom stereocenters. The Morgan fingerprint density at radius 1 is 1.62 bits per heavy atom. The van der Waals surface area contributed by atoms with Crippen LogP contribution in [-0.2, 0) is 0 Å². The maximum absolute atomic E-state index is 6.09. The first-order chi connectivity index (χ1) is 7.60. The Labute approximate surface area is 106 Å². The second-order valence-electron chi connectivity index (χ2n) is 3.53. The quantitative estimate of drug-likeness (QED) is 0.880. The lowest BCUT2D eigenvalue weighted by atomic mass is 10.3. The molecule has 6 heteroatoms. The maximum atomic E-state index is 6.09. The molecule has 0 saturated heterocycles. The number of rotatable bonds is 5. The highest BCUT2D eigenvalue weighted by Gasteiger charge is 2.15. The average molecular weight is 261 g/mol. The molecule has 1 aromatic rings. The standard InChI is InChI=1S/C10H17ClN4S/c1-7(6-16-4)15(3)9-8(11)5-13-10(12-2)14-9/h5,7H,6H2,1-4H3,(H,12,13,14). The van der Waals surface area contributed by atoms with E-state index in [1.165, 1.54) is 0 Å². The van der Waals surface area contributed by atoms with Crippen LogP contribution in [0.25, 0.3) is 0 Å². The Hall–Kier alpha value is -0.680. The van der Waals surface area contributed by atoms with Gasteiger partial charge in [-0.25, -0.2) is 4.98 Å². The Balaban J connectivity index is 2.92. The largest absolute Gasteiger partial charge is 0.357 e. The van der Waals surface area contributed by atoms with Crippen molar-refractivity contribution in [3.8, 4) is 0 Å². The molecule has 1 aromatic heterocycles. The molecule has 1 N–H and O–H groups in total. The van der Waals surface area contributed by atoms with Crippen molar-refractivity contribution >= 4 is 35.1 Å². The molecule has 0 aliphatic heterocycles. The highest BCUT2D eigenvalue weighted by molar-refractivity contribution is 7.98. The van der Waals surface area contributed by atoms with Crippen molar-refractivity contribution in [1.82, 2.24) is 9.97 Å². The van der Waals surface area contributed by atoms with Gasteiger partial charge in [0.15, 0.2) is 5.82 Å². The van der Waals surface area contributed by atoms with Crippen LogP contribution in [-0.4, -0.2) is 42.1 Å². The first kappa shape index (κ1) is 13.4. The minimum Gasteiger partial charge on any atom is -0.357 e. The first-order valence-corrected chi connectivity index (χ1v) is 6.79. The third kappa shape index (κ3) is 3.15. The molecule has 1 atom stereocenters. The topological polar surface area (TPSA) is 41.1 Å². The predicted molar refractivity (Wildman–Crippen MR) is 72.8 cm³/mol. The fourth-order valence-electron chi connectivity index (χ4n) is 1.29. The summed E-state index contributed by atoms with van der Waals surface area (Å²) in [5.41, 5.74) is 0. The van der Waals surface area contributed by atoms with E-state index < -0.39 is 0 Å². The second kappa shape index (κ2) is 6.15. The fraction of sp³-hybridized carbons (Fsp3) is 0.600. The van der Waals surface area contributed by atoms with Crippen LogP contribution >= 0.6 is 23.4 Å². The summed E-state index contributed by atoms with van der Waals surface area (Å²) in [4.78, 5) is 10.5. The summed E-state index contributed by atoms with van der Waals surface area (Å²) in [5, 5.41) is 3.49. The van der Waals surface area contributed by atoms with E-state index in [2.05, 4.69) is 33.4 Å². The van der Waals surface area contributed by atoms with Crippen molar-refractivity contribution in [1.29, 1.82) is 0 Å². The van der Waals surface area contributed by atoms with E-state index in [0.29, 0.717) is 17.0 Å². The normalized spacial score (nSPS) is 12.3. The van der Waals surface area contributed by atoms with Crippen LogP contribution in [0.4, 0.5) is 11.8 Å². The molecule has 0 fully saturated rings. The monoisotopic (exact) mass is 260 g/mol. The second-order valence-corrected chi connectivity index (χ2v) is 4.85. The van der Waals surface area contributed by atoms with Crippen LogP contribution in [0, 0.1) is 0 Å². The van der Waals surface area contributed by atoms with Gasteiger partial charge in [-0.3, -0.25) is 0 Å². The highest BCUT2D eigenvalue weighted by Crippen LogP contribution is 2.24. The van der Waals surface area contributed by atoms with Crippen molar-refractivity contribution < 1.29 is 0 Å². The molecule has 0 bridgehead atoms. The van der Waals surface area contributed by atoms with Crippen LogP contribution in [0.3, 0.4) is 0 Å². The zero-order valence-corrected chi connectivity index (χ0v) is 11.6. The SMILES string of the molecule is CNc1ncc(Cl)c(N(C)C(C)CSC)n1. The lowest BCUT2D eigenvalue weighted by molar-refractivity contribution is 0.752. The number of hydrogen-bond donors (Lipinski definition) is 1. The van der Waals surface area contributed by atoms with Gasteiger partial charge in [0.25, 0.3) is 0 Å². The molecule has 1 heterocycles. The number of halogens is 1. The van der Waals surface area contributed by atoms with Crippen molar-refractivity contribution in [2.75, 3.05) is 36.3 Å². The Morgan fingerprint density at radius 2 is 2.31 bits per heavy atom. The minimum absolute atomic E-state index is 0.382. The third-order valence-electron chi connectivity index (χ3n) is 2.35. The van der Waals surface area contributed by atoms with Crippen LogP contribution in [0.5, 0.6) is 0 Å². The highest BCUT2D eigenvalue weighted by atomic mass is 35.5. The summed E-state index contributed by atoms with van der Waals surface area (Å²) >= 11 is 7.90. The molecule has 0 amide bonds. The molecule has 0 radical (unpaired) electrons. The Bertz CT molecular complexity index is 348. The van der Waals surface area contributed by atoms with Gasteiger partial charge in [-0.15, -0.1) is 0 Å². The molecule has 0 spiro atoms. The van der Waals surface area contributed by atoms with E-state index in [4.69, 9.17) is 11.6 Å². The molecule has 1 rings (SSSR count). The van der Waals surface area contributed by atoms with Gasteiger partial charge < -0.3 is 10.2 Å². The molecule has 0 saturated carbocycles. The van der Waals surface area contributed by atoms with E-state index in [1.54, 1.807) is 25.0 Å².